The van der Waals surface area contributed by atoms with Gasteiger partial charge in [-0.15, -0.1) is 0 Å². The summed E-state index contributed by atoms with van der Waals surface area (Å²) in [4.78, 5) is 22.5. The number of hydrogen-bond acceptors (Lipinski definition) is 12. The Morgan fingerprint density at radius 1 is 0.386 bits per heavy atom. The predicted molar refractivity (Wildman–Crippen MR) is 388 cm³/mol. The van der Waals surface area contributed by atoms with Crippen molar-refractivity contribution in [2.24, 2.45) is 0 Å². The molecule has 0 amide bonds. The van der Waals surface area contributed by atoms with Crippen molar-refractivity contribution in [1.82, 2.24) is 19.6 Å². The number of carbonyl (C=O) groups excluding carboxylic acids is 1. The second-order valence-corrected chi connectivity index (χ2v) is 29.1. The second kappa shape index (κ2) is 67.2. The highest BCUT2D eigenvalue weighted by atomic mass is 33.1. The molecule has 1 saturated heterocycles. The molecule has 1 heterocycles. The standard InChI is InChI=1S/C76H146N4O6S2/c1-5-9-13-17-21-25-27-29-31-33-35-39-43-47-52-72(81)68-79(69-73(82)53-48-44-40-36-34-32-30-28-26-22-18-14-10-6-2)57-50-49-56-76(85)86-65-63-77-59-61-78(62-60-77)64-67-88-87-66-51-58-80(70-74(83)54-45-41-37-23-19-15-11-7-3)71-75(84)55-46-42-38-24-20-16-12-8-4/h21-22,25-26,29-32,72-75,81-84H,5-20,23-24,27-28,33-71H2,1-4H3/b25-21-,26-22-,31-29-,32-30-. The molecule has 518 valence electrons. The fourth-order valence-corrected chi connectivity index (χ4v) is 14.1. The highest BCUT2D eigenvalue weighted by molar-refractivity contribution is 8.76. The van der Waals surface area contributed by atoms with Gasteiger partial charge in [-0.1, -0.05) is 265 Å². The molecule has 0 aromatic heterocycles. The van der Waals surface area contributed by atoms with E-state index in [1.54, 1.807) is 0 Å². The molecule has 1 fully saturated rings. The number of carbonyl (C=O) groups is 1. The Balaban J connectivity index is 2.42. The van der Waals surface area contributed by atoms with Crippen LogP contribution in [0.5, 0.6) is 0 Å². The minimum atomic E-state index is -0.411. The van der Waals surface area contributed by atoms with Crippen LogP contribution < -0.4 is 0 Å². The maximum Gasteiger partial charge on any atom is 0.305 e. The third kappa shape index (κ3) is 59.8. The molecule has 1 rings (SSSR count). The third-order valence-corrected chi connectivity index (χ3v) is 20.1. The number of allylic oxidation sites excluding steroid dienone is 8. The molecule has 0 saturated carbocycles. The summed E-state index contributed by atoms with van der Waals surface area (Å²) in [5.74, 6) is 2.06. The SMILES string of the molecule is CCCCC/C=C\C/C=C\CCCCCCC(O)CN(CCCCC(=O)OCCN1CCN(CCSSCCCN(CC(O)CCCCCCCCCC)CC(O)CCCCCCCCCC)CC1)CC(O)CCCCCC/C=C\C/C=C\CCCCC. The summed E-state index contributed by atoms with van der Waals surface area (Å²) in [5.41, 5.74) is 0. The Morgan fingerprint density at radius 2 is 0.705 bits per heavy atom. The molecule has 0 aromatic rings. The van der Waals surface area contributed by atoms with E-state index in [-0.39, 0.29) is 18.2 Å². The van der Waals surface area contributed by atoms with E-state index >= 15 is 0 Å². The zero-order chi connectivity index (χ0) is 63.7. The normalized spacial score (nSPS) is 15.2. The molecule has 1 aliphatic rings. The fraction of sp³-hybridized carbons (Fsp3) is 0.882. The first-order valence-electron chi connectivity index (χ1n) is 37.8. The smallest absolute Gasteiger partial charge is 0.305 e. The van der Waals surface area contributed by atoms with Crippen molar-refractivity contribution in [2.45, 2.75) is 335 Å². The Labute approximate surface area is 553 Å². The Hall–Kier alpha value is -1.19. The van der Waals surface area contributed by atoms with Crippen molar-refractivity contribution >= 4 is 27.6 Å². The number of piperazine rings is 1. The minimum Gasteiger partial charge on any atom is -0.464 e. The average molecular weight is 1280 g/mol. The molecule has 0 spiro atoms. The van der Waals surface area contributed by atoms with Crippen molar-refractivity contribution in [2.75, 3.05) is 96.6 Å². The molecular formula is C76H146N4O6S2. The molecular weight excluding hydrogens is 1130 g/mol. The van der Waals surface area contributed by atoms with Gasteiger partial charge in [0, 0.05) is 83.4 Å². The van der Waals surface area contributed by atoms with Gasteiger partial charge in [0.2, 0.25) is 0 Å². The maximum atomic E-state index is 12.9. The quantitative estimate of drug-likeness (QED) is 0.0201. The summed E-state index contributed by atoms with van der Waals surface area (Å²) in [7, 11) is 3.94. The second-order valence-electron chi connectivity index (χ2n) is 26.4. The Morgan fingerprint density at radius 3 is 1.10 bits per heavy atom. The first-order chi connectivity index (χ1) is 43.2. The van der Waals surface area contributed by atoms with Crippen molar-refractivity contribution < 1.29 is 30.0 Å². The lowest BCUT2D eigenvalue weighted by molar-refractivity contribution is -0.144. The number of aliphatic hydroxyl groups is 4. The number of unbranched alkanes of at least 4 members (excludes halogenated alkanes) is 29. The molecule has 0 bridgehead atoms. The van der Waals surface area contributed by atoms with E-state index in [0.717, 1.165) is 173 Å². The highest BCUT2D eigenvalue weighted by Gasteiger charge is 2.20. The van der Waals surface area contributed by atoms with Crippen molar-refractivity contribution in [3.8, 4) is 0 Å². The lowest BCUT2D eigenvalue weighted by Crippen LogP contribution is -2.47. The molecule has 10 nitrogen and oxygen atoms in total. The first kappa shape index (κ1) is 84.8. The third-order valence-electron chi connectivity index (χ3n) is 17.7. The van der Waals surface area contributed by atoms with E-state index in [0.29, 0.717) is 39.2 Å². The van der Waals surface area contributed by atoms with Gasteiger partial charge >= 0.3 is 5.97 Å². The maximum absolute atomic E-state index is 12.9. The largest absolute Gasteiger partial charge is 0.464 e. The number of ether oxygens (including phenoxy) is 1. The summed E-state index contributed by atoms with van der Waals surface area (Å²) in [6, 6.07) is 0. The number of aliphatic hydroxyl groups excluding tert-OH is 4. The van der Waals surface area contributed by atoms with Crippen LogP contribution in [0.4, 0.5) is 0 Å². The van der Waals surface area contributed by atoms with E-state index in [9.17, 15) is 25.2 Å². The molecule has 4 N–H and O–H groups in total. The molecule has 12 heteroatoms. The van der Waals surface area contributed by atoms with Crippen molar-refractivity contribution in [1.29, 1.82) is 0 Å². The summed E-state index contributed by atoms with van der Waals surface area (Å²) < 4.78 is 5.74. The zero-order valence-electron chi connectivity index (χ0n) is 58.4. The summed E-state index contributed by atoms with van der Waals surface area (Å²) in [6.45, 7) is 19.6. The molecule has 4 atom stereocenters. The van der Waals surface area contributed by atoms with Gasteiger partial charge in [-0.05, 0) is 122 Å². The molecule has 0 radical (unpaired) electrons. The molecule has 1 aliphatic heterocycles. The van der Waals surface area contributed by atoms with Crippen molar-refractivity contribution in [3.05, 3.63) is 48.6 Å². The van der Waals surface area contributed by atoms with Gasteiger partial charge < -0.3 is 25.2 Å². The van der Waals surface area contributed by atoms with Gasteiger partial charge in [0.15, 0.2) is 0 Å². The van der Waals surface area contributed by atoms with Gasteiger partial charge in [0.25, 0.3) is 0 Å². The van der Waals surface area contributed by atoms with Gasteiger partial charge in [0.1, 0.15) is 6.61 Å². The van der Waals surface area contributed by atoms with E-state index in [1.807, 2.05) is 21.6 Å². The lowest BCUT2D eigenvalue weighted by Gasteiger charge is -2.34. The molecule has 0 aliphatic carbocycles. The summed E-state index contributed by atoms with van der Waals surface area (Å²) >= 11 is 0. The number of esters is 1. The van der Waals surface area contributed by atoms with Gasteiger partial charge in [-0.2, -0.15) is 0 Å². The summed E-state index contributed by atoms with van der Waals surface area (Å²) in [6.07, 6.45) is 67.4. The summed E-state index contributed by atoms with van der Waals surface area (Å²) in [5, 5.41) is 44.4. The van der Waals surface area contributed by atoms with Gasteiger partial charge in [0.05, 0.1) is 24.4 Å². The van der Waals surface area contributed by atoms with Crippen LogP contribution in [0.3, 0.4) is 0 Å². The highest BCUT2D eigenvalue weighted by Crippen LogP contribution is 2.23. The topological polar surface area (TPSA) is 120 Å². The monoisotopic (exact) mass is 1280 g/mol. The van der Waals surface area contributed by atoms with Crippen LogP contribution in [0.25, 0.3) is 0 Å². The lowest BCUT2D eigenvalue weighted by atomic mass is 10.0. The fourth-order valence-electron chi connectivity index (χ4n) is 12.0. The predicted octanol–water partition coefficient (Wildman–Crippen LogP) is 19.0. The molecule has 0 aromatic carbocycles. The van der Waals surface area contributed by atoms with Crippen LogP contribution in [-0.2, 0) is 9.53 Å². The van der Waals surface area contributed by atoms with Crippen LogP contribution in [0.1, 0.15) is 310 Å². The Kier molecular flexibility index (Phi) is 64.8. The van der Waals surface area contributed by atoms with Gasteiger partial charge in [-0.3, -0.25) is 24.4 Å². The van der Waals surface area contributed by atoms with E-state index < -0.39 is 12.2 Å². The van der Waals surface area contributed by atoms with Gasteiger partial charge in [-0.25, -0.2) is 0 Å². The van der Waals surface area contributed by atoms with E-state index in [2.05, 4.69) is 95.9 Å². The molecule has 88 heavy (non-hydrogen) atoms. The first-order valence-corrected chi connectivity index (χ1v) is 40.3. The van der Waals surface area contributed by atoms with Crippen LogP contribution >= 0.6 is 21.6 Å². The number of hydrogen-bond donors (Lipinski definition) is 4. The van der Waals surface area contributed by atoms with E-state index in [4.69, 9.17) is 4.74 Å². The van der Waals surface area contributed by atoms with Crippen molar-refractivity contribution in [3.63, 3.8) is 0 Å². The van der Waals surface area contributed by atoms with Crippen LogP contribution in [-0.4, -0.2) is 167 Å². The van der Waals surface area contributed by atoms with Crippen LogP contribution in [0.2, 0.25) is 0 Å². The number of nitrogens with zero attached hydrogens (tertiary/aromatic N) is 4. The zero-order valence-corrected chi connectivity index (χ0v) is 60.0. The molecule has 4 unspecified atom stereocenters. The van der Waals surface area contributed by atoms with E-state index in [1.165, 1.54) is 167 Å². The number of rotatable bonds is 68. The average Bonchev–Trinajstić information content (AvgIpc) is 3.71. The van der Waals surface area contributed by atoms with Crippen LogP contribution in [0.15, 0.2) is 48.6 Å². The van der Waals surface area contributed by atoms with Crippen LogP contribution in [0, 0.1) is 0 Å². The Bertz CT molecular complexity index is 1480. The minimum absolute atomic E-state index is 0.124.